The number of aromatic nitrogens is 2. The van der Waals surface area contributed by atoms with Crippen molar-refractivity contribution in [2.24, 2.45) is 7.05 Å². The number of aliphatic carboxylic acids is 1. The molecular formula is C14H17N3O5S. The zero-order chi connectivity index (χ0) is 17.2. The molecule has 0 unspecified atom stereocenters. The average molecular weight is 339 g/mol. The molecule has 1 aromatic carbocycles. The number of nitrogens with zero attached hydrogens (tertiary/aromatic N) is 2. The van der Waals surface area contributed by atoms with E-state index in [-0.39, 0.29) is 10.6 Å². The Balaban J connectivity index is 2.38. The van der Waals surface area contributed by atoms with Crippen LogP contribution in [-0.2, 0) is 21.9 Å². The second-order valence-electron chi connectivity index (χ2n) is 5.03. The molecule has 8 nitrogen and oxygen atoms in total. The molecule has 1 aromatic heterocycles. The Kier molecular flexibility index (Phi) is 4.60. The quantitative estimate of drug-likeness (QED) is 0.821. The van der Waals surface area contributed by atoms with E-state index in [4.69, 9.17) is 9.84 Å². The van der Waals surface area contributed by atoms with Crippen LogP contribution in [0.4, 0.5) is 5.69 Å². The number of sulfonamides is 1. The van der Waals surface area contributed by atoms with E-state index >= 15 is 0 Å². The van der Waals surface area contributed by atoms with Crippen LogP contribution in [0.3, 0.4) is 0 Å². The summed E-state index contributed by atoms with van der Waals surface area (Å²) in [6.45, 7) is 2.75. The summed E-state index contributed by atoms with van der Waals surface area (Å²) in [6, 6.07) is 3.03. The molecule has 124 valence electrons. The van der Waals surface area contributed by atoms with E-state index < -0.39 is 22.6 Å². The van der Waals surface area contributed by atoms with Gasteiger partial charge in [-0.3, -0.25) is 9.40 Å². The molecule has 2 rings (SSSR count). The smallest absolute Gasteiger partial charge is 0.341 e. The minimum atomic E-state index is -3.84. The summed E-state index contributed by atoms with van der Waals surface area (Å²) in [4.78, 5) is 10.7. The highest BCUT2D eigenvalue weighted by Crippen LogP contribution is 2.30. The lowest BCUT2D eigenvalue weighted by Gasteiger charge is -2.15. The van der Waals surface area contributed by atoms with Crippen LogP contribution in [0.1, 0.15) is 11.1 Å². The van der Waals surface area contributed by atoms with E-state index in [9.17, 15) is 13.2 Å². The monoisotopic (exact) mass is 339 g/mol. The van der Waals surface area contributed by atoms with Crippen molar-refractivity contribution in [3.8, 4) is 5.75 Å². The van der Waals surface area contributed by atoms with Crippen molar-refractivity contribution >= 4 is 21.7 Å². The molecule has 0 atom stereocenters. The van der Waals surface area contributed by atoms with Gasteiger partial charge in [-0.05, 0) is 25.5 Å². The van der Waals surface area contributed by atoms with Crippen molar-refractivity contribution < 1.29 is 23.1 Å². The minimum Gasteiger partial charge on any atom is -0.481 e. The highest BCUT2D eigenvalue weighted by molar-refractivity contribution is 7.92. The maximum absolute atomic E-state index is 12.5. The zero-order valence-corrected chi connectivity index (χ0v) is 13.7. The van der Waals surface area contributed by atoms with Gasteiger partial charge in [-0.2, -0.15) is 5.10 Å². The fourth-order valence-electron chi connectivity index (χ4n) is 2.14. The van der Waals surface area contributed by atoms with Crippen LogP contribution in [0.25, 0.3) is 0 Å². The van der Waals surface area contributed by atoms with Gasteiger partial charge in [0.2, 0.25) is 0 Å². The van der Waals surface area contributed by atoms with E-state index in [1.165, 1.54) is 23.1 Å². The molecule has 0 saturated carbocycles. The van der Waals surface area contributed by atoms with E-state index in [2.05, 4.69) is 9.82 Å². The number of rotatable bonds is 6. The SMILES string of the molecule is Cc1ccc(S(=O)(=O)Nc2cnn(C)c2)c(C)c1OCC(=O)O. The first-order chi connectivity index (χ1) is 10.7. The van der Waals surface area contributed by atoms with Crippen LogP contribution in [0.5, 0.6) is 5.75 Å². The summed E-state index contributed by atoms with van der Waals surface area (Å²) < 4.78 is 34.1. The highest BCUT2D eigenvalue weighted by atomic mass is 32.2. The number of carbonyl (C=O) groups is 1. The van der Waals surface area contributed by atoms with Gasteiger partial charge in [0.15, 0.2) is 6.61 Å². The molecule has 2 N–H and O–H groups in total. The predicted molar refractivity (Wildman–Crippen MR) is 83.1 cm³/mol. The van der Waals surface area contributed by atoms with Crippen LogP contribution < -0.4 is 9.46 Å². The predicted octanol–water partition coefficient (Wildman–Crippen LogP) is 1.30. The largest absolute Gasteiger partial charge is 0.481 e. The molecular weight excluding hydrogens is 322 g/mol. The van der Waals surface area contributed by atoms with Crippen LogP contribution in [0.2, 0.25) is 0 Å². The van der Waals surface area contributed by atoms with Gasteiger partial charge in [-0.25, -0.2) is 13.2 Å². The van der Waals surface area contributed by atoms with Crippen molar-refractivity contribution in [3.63, 3.8) is 0 Å². The second-order valence-corrected chi connectivity index (χ2v) is 6.68. The van der Waals surface area contributed by atoms with Crippen LogP contribution in [0, 0.1) is 13.8 Å². The second kappa shape index (κ2) is 6.29. The van der Waals surface area contributed by atoms with Gasteiger partial charge in [0.25, 0.3) is 10.0 Å². The van der Waals surface area contributed by atoms with Crippen LogP contribution >= 0.6 is 0 Å². The topological polar surface area (TPSA) is 111 Å². The van der Waals surface area contributed by atoms with E-state index in [1.54, 1.807) is 27.0 Å². The number of aryl methyl sites for hydroxylation is 2. The standard InChI is InChI=1S/C14H17N3O5S/c1-9-4-5-12(10(2)14(9)22-8-13(18)19)23(20,21)16-11-6-15-17(3)7-11/h4-7,16H,8H2,1-3H3,(H,18,19). The molecule has 0 spiro atoms. The molecule has 9 heteroatoms. The molecule has 0 radical (unpaired) electrons. The highest BCUT2D eigenvalue weighted by Gasteiger charge is 2.21. The van der Waals surface area contributed by atoms with E-state index in [1.807, 2.05) is 0 Å². The molecule has 23 heavy (non-hydrogen) atoms. The number of ether oxygens (including phenoxy) is 1. The fourth-order valence-corrected chi connectivity index (χ4v) is 3.41. The lowest BCUT2D eigenvalue weighted by molar-refractivity contribution is -0.139. The van der Waals surface area contributed by atoms with Gasteiger partial charge >= 0.3 is 5.97 Å². The summed E-state index contributed by atoms with van der Waals surface area (Å²) in [5.74, 6) is -0.882. The normalized spacial score (nSPS) is 11.3. The molecule has 0 bridgehead atoms. The molecule has 0 fully saturated rings. The van der Waals surface area contributed by atoms with Crippen LogP contribution in [-0.4, -0.2) is 35.9 Å². The van der Waals surface area contributed by atoms with E-state index in [0.717, 1.165) is 0 Å². The average Bonchev–Trinajstić information content (AvgIpc) is 2.82. The number of carboxylic acids is 1. The molecule has 2 aromatic rings. The van der Waals surface area contributed by atoms with Crippen molar-refractivity contribution in [3.05, 3.63) is 35.7 Å². The summed E-state index contributed by atoms with van der Waals surface area (Å²) in [5, 5.41) is 12.6. The molecule has 0 aliphatic carbocycles. The van der Waals surface area contributed by atoms with Gasteiger partial charge in [-0.15, -0.1) is 0 Å². The Hall–Kier alpha value is -2.55. The number of nitrogens with one attached hydrogen (secondary N) is 1. The third-order valence-corrected chi connectivity index (χ3v) is 4.67. The van der Waals surface area contributed by atoms with Gasteiger partial charge in [0.1, 0.15) is 5.75 Å². The third-order valence-electron chi connectivity index (χ3n) is 3.14. The fraction of sp³-hybridized carbons (Fsp3) is 0.286. The zero-order valence-electron chi connectivity index (χ0n) is 12.9. The Morgan fingerprint density at radius 1 is 1.39 bits per heavy atom. The van der Waals surface area contributed by atoms with Crippen molar-refractivity contribution in [1.29, 1.82) is 0 Å². The number of carboxylic acid groups (broad SMARTS) is 1. The Labute approximate surface area is 133 Å². The van der Waals surface area contributed by atoms with Crippen molar-refractivity contribution in [1.82, 2.24) is 9.78 Å². The third kappa shape index (κ3) is 3.81. The molecule has 0 amide bonds. The maximum atomic E-state index is 12.5. The first-order valence-electron chi connectivity index (χ1n) is 6.67. The van der Waals surface area contributed by atoms with Gasteiger partial charge in [-0.1, -0.05) is 6.07 Å². The summed E-state index contributed by atoms with van der Waals surface area (Å²) in [5.41, 5.74) is 1.34. The molecule has 0 aliphatic heterocycles. The minimum absolute atomic E-state index is 0.0207. The number of hydrogen-bond donors (Lipinski definition) is 2. The first-order valence-corrected chi connectivity index (χ1v) is 8.15. The Morgan fingerprint density at radius 3 is 2.65 bits per heavy atom. The summed E-state index contributed by atoms with van der Waals surface area (Å²) in [6.07, 6.45) is 2.92. The van der Waals surface area contributed by atoms with Gasteiger partial charge < -0.3 is 9.84 Å². The van der Waals surface area contributed by atoms with Gasteiger partial charge in [0.05, 0.1) is 16.8 Å². The lowest BCUT2D eigenvalue weighted by Crippen LogP contribution is -2.16. The molecule has 0 saturated heterocycles. The van der Waals surface area contributed by atoms with E-state index in [0.29, 0.717) is 16.8 Å². The van der Waals surface area contributed by atoms with Crippen molar-refractivity contribution in [2.75, 3.05) is 11.3 Å². The first kappa shape index (κ1) is 16.8. The van der Waals surface area contributed by atoms with Gasteiger partial charge in [0, 0.05) is 18.8 Å². The van der Waals surface area contributed by atoms with Crippen molar-refractivity contribution in [2.45, 2.75) is 18.7 Å². The lowest BCUT2D eigenvalue weighted by atomic mass is 10.1. The Morgan fingerprint density at radius 2 is 2.09 bits per heavy atom. The summed E-state index contributed by atoms with van der Waals surface area (Å²) in [7, 11) is -2.17. The molecule has 0 aliphatic rings. The van der Waals surface area contributed by atoms with Crippen LogP contribution in [0.15, 0.2) is 29.4 Å². The Bertz CT molecular complexity index is 842. The number of hydrogen-bond acceptors (Lipinski definition) is 5. The maximum Gasteiger partial charge on any atom is 0.341 e. The number of anilines is 1. The summed E-state index contributed by atoms with van der Waals surface area (Å²) >= 11 is 0. The molecule has 1 heterocycles. The number of benzene rings is 1.